The van der Waals surface area contributed by atoms with Crippen molar-refractivity contribution in [3.8, 4) is 0 Å². The van der Waals surface area contributed by atoms with Gasteiger partial charge in [0.15, 0.2) is 4.80 Å². The number of aromatic nitrogens is 1. The van der Waals surface area contributed by atoms with Gasteiger partial charge in [0, 0.05) is 31.8 Å². The lowest BCUT2D eigenvalue weighted by Crippen LogP contribution is -2.35. The Bertz CT molecular complexity index is 1300. The number of hydrogen-bond acceptors (Lipinski definition) is 5. The lowest BCUT2D eigenvalue weighted by Gasteiger charge is -2.25. The van der Waals surface area contributed by atoms with Gasteiger partial charge in [-0.25, -0.2) is 8.42 Å². The molecule has 33 heavy (non-hydrogen) atoms. The minimum atomic E-state index is -3.53. The number of sulfonamides is 1. The number of ether oxygens (including phenoxy) is 1. The van der Waals surface area contributed by atoms with Crippen LogP contribution in [0.25, 0.3) is 10.2 Å². The number of para-hydroxylation sites is 1. The summed E-state index contributed by atoms with van der Waals surface area (Å²) in [7, 11) is -3.53. The first-order valence-electron chi connectivity index (χ1n) is 11.3. The molecule has 1 aliphatic heterocycles. The molecule has 9 heteroatoms. The summed E-state index contributed by atoms with van der Waals surface area (Å²) >= 11 is 1.46. The van der Waals surface area contributed by atoms with Crippen molar-refractivity contribution in [1.82, 2.24) is 8.87 Å². The molecular formula is C24H29N3O4S2. The monoisotopic (exact) mass is 487 g/mol. The number of nitrogens with zero attached hydrogens (tertiary/aromatic N) is 3. The van der Waals surface area contributed by atoms with Crippen LogP contribution in [0.2, 0.25) is 0 Å². The first-order chi connectivity index (χ1) is 15.9. The zero-order chi connectivity index (χ0) is 23.4. The lowest BCUT2D eigenvalue weighted by molar-refractivity contribution is 0.0996. The minimum Gasteiger partial charge on any atom is -0.380 e. The van der Waals surface area contributed by atoms with E-state index in [2.05, 4.69) is 4.99 Å². The minimum absolute atomic E-state index is 0.213. The molecule has 2 aromatic carbocycles. The van der Waals surface area contributed by atoms with Crippen LogP contribution in [0.5, 0.6) is 0 Å². The Labute approximate surface area is 198 Å². The number of carbonyl (C=O) groups is 1. The molecule has 4 rings (SSSR count). The Balaban J connectivity index is 1.64. The van der Waals surface area contributed by atoms with Gasteiger partial charge in [0.25, 0.3) is 5.91 Å². The molecule has 1 amide bonds. The Hall–Kier alpha value is -2.33. The van der Waals surface area contributed by atoms with E-state index in [0.717, 1.165) is 35.0 Å². The van der Waals surface area contributed by atoms with Crippen LogP contribution < -0.4 is 4.80 Å². The van der Waals surface area contributed by atoms with Crippen molar-refractivity contribution >= 4 is 37.5 Å². The molecule has 0 bridgehead atoms. The van der Waals surface area contributed by atoms with Gasteiger partial charge in [-0.1, -0.05) is 29.9 Å². The number of fused-ring (bicyclic) bond motifs is 1. The predicted octanol–water partition coefficient (Wildman–Crippen LogP) is 3.96. The van der Waals surface area contributed by atoms with E-state index in [1.165, 1.54) is 27.8 Å². The number of carbonyl (C=O) groups excluding carboxylic acids is 1. The summed E-state index contributed by atoms with van der Waals surface area (Å²) in [5, 5.41) is 0. The highest BCUT2D eigenvalue weighted by molar-refractivity contribution is 7.89. The van der Waals surface area contributed by atoms with Crippen molar-refractivity contribution in [3.05, 3.63) is 58.4 Å². The van der Waals surface area contributed by atoms with Gasteiger partial charge in [0.1, 0.15) is 0 Å². The van der Waals surface area contributed by atoms with E-state index in [1.54, 1.807) is 12.1 Å². The van der Waals surface area contributed by atoms with Gasteiger partial charge in [-0.05, 0) is 62.6 Å². The van der Waals surface area contributed by atoms with Gasteiger partial charge < -0.3 is 9.30 Å². The maximum atomic E-state index is 13.0. The Kier molecular flexibility index (Phi) is 7.43. The zero-order valence-electron chi connectivity index (χ0n) is 19.0. The highest BCUT2D eigenvalue weighted by atomic mass is 32.2. The number of piperidine rings is 1. The topological polar surface area (TPSA) is 81.0 Å². The quantitative estimate of drug-likeness (QED) is 0.473. The fourth-order valence-electron chi connectivity index (χ4n) is 4.08. The SMILES string of the molecule is CCOCCn1c(=NC(=O)c2ccc(S(=O)(=O)N3CCCCC3)cc2)sc2cccc(C)c21. The van der Waals surface area contributed by atoms with Crippen LogP contribution in [0.4, 0.5) is 0 Å². The first-order valence-corrected chi connectivity index (χ1v) is 13.5. The van der Waals surface area contributed by atoms with E-state index >= 15 is 0 Å². The van der Waals surface area contributed by atoms with Crippen LogP contribution in [0, 0.1) is 6.92 Å². The van der Waals surface area contributed by atoms with Crippen molar-refractivity contribution in [2.24, 2.45) is 4.99 Å². The van der Waals surface area contributed by atoms with Gasteiger partial charge >= 0.3 is 0 Å². The van der Waals surface area contributed by atoms with Crippen molar-refractivity contribution < 1.29 is 17.9 Å². The van der Waals surface area contributed by atoms with Crippen molar-refractivity contribution in [2.75, 3.05) is 26.3 Å². The molecule has 0 unspecified atom stereocenters. The molecule has 0 N–H and O–H groups in total. The van der Waals surface area contributed by atoms with E-state index < -0.39 is 15.9 Å². The summed E-state index contributed by atoms with van der Waals surface area (Å²) in [4.78, 5) is 18.2. The molecule has 0 spiro atoms. The highest BCUT2D eigenvalue weighted by Crippen LogP contribution is 2.22. The zero-order valence-corrected chi connectivity index (χ0v) is 20.6. The second-order valence-corrected chi connectivity index (χ2v) is 11.0. The molecule has 2 heterocycles. The fraction of sp³-hybridized carbons (Fsp3) is 0.417. The molecule has 0 radical (unpaired) electrons. The third kappa shape index (κ3) is 5.11. The molecule has 3 aromatic rings. The van der Waals surface area contributed by atoms with Gasteiger partial charge in [0.05, 0.1) is 21.7 Å². The van der Waals surface area contributed by atoms with Gasteiger partial charge in [-0.2, -0.15) is 9.30 Å². The van der Waals surface area contributed by atoms with Crippen LogP contribution in [0.15, 0.2) is 52.4 Å². The van der Waals surface area contributed by atoms with Gasteiger partial charge in [-0.15, -0.1) is 0 Å². The highest BCUT2D eigenvalue weighted by Gasteiger charge is 2.26. The average Bonchev–Trinajstić information content (AvgIpc) is 3.18. The Morgan fingerprint density at radius 3 is 2.52 bits per heavy atom. The maximum Gasteiger partial charge on any atom is 0.279 e. The number of aryl methyl sites for hydroxylation is 1. The maximum absolute atomic E-state index is 13.0. The molecule has 176 valence electrons. The normalized spacial score (nSPS) is 15.9. The molecule has 1 fully saturated rings. The summed E-state index contributed by atoms with van der Waals surface area (Å²) in [5.74, 6) is -0.397. The van der Waals surface area contributed by atoms with Crippen LogP contribution >= 0.6 is 11.3 Å². The standard InChI is InChI=1S/C24H29N3O4S2/c1-3-31-17-16-27-22-18(2)8-7-9-21(22)32-24(27)25-23(28)19-10-12-20(13-11-19)33(29,30)26-14-5-4-6-15-26/h7-13H,3-6,14-17H2,1-2H3. The third-order valence-corrected chi connectivity index (χ3v) is 8.77. The number of hydrogen-bond donors (Lipinski definition) is 0. The molecule has 1 aliphatic rings. The molecule has 0 aliphatic carbocycles. The Morgan fingerprint density at radius 2 is 1.82 bits per heavy atom. The summed E-state index contributed by atoms with van der Waals surface area (Å²) in [6.45, 7) is 6.83. The van der Waals surface area contributed by atoms with E-state index in [-0.39, 0.29) is 4.90 Å². The molecule has 1 aromatic heterocycles. The smallest absolute Gasteiger partial charge is 0.279 e. The van der Waals surface area contributed by atoms with Crippen molar-refractivity contribution in [1.29, 1.82) is 0 Å². The van der Waals surface area contributed by atoms with E-state index in [1.807, 2.05) is 36.6 Å². The Morgan fingerprint density at radius 1 is 1.09 bits per heavy atom. The average molecular weight is 488 g/mol. The molecule has 0 atom stereocenters. The second-order valence-electron chi connectivity index (χ2n) is 8.06. The number of thiazole rings is 1. The molecule has 7 nitrogen and oxygen atoms in total. The van der Waals surface area contributed by atoms with Crippen molar-refractivity contribution in [3.63, 3.8) is 0 Å². The largest absolute Gasteiger partial charge is 0.380 e. The fourth-order valence-corrected chi connectivity index (χ4v) is 6.72. The molecule has 0 saturated carbocycles. The first kappa shape index (κ1) is 23.8. The third-order valence-electron chi connectivity index (χ3n) is 5.82. The molecular weight excluding hydrogens is 458 g/mol. The van der Waals surface area contributed by atoms with Gasteiger partial charge in [-0.3, -0.25) is 4.79 Å². The summed E-state index contributed by atoms with van der Waals surface area (Å²) in [6, 6.07) is 12.2. The summed E-state index contributed by atoms with van der Waals surface area (Å²) < 4.78 is 35.9. The second kappa shape index (κ2) is 10.3. The molecule has 1 saturated heterocycles. The van der Waals surface area contributed by atoms with Crippen LogP contribution in [-0.4, -0.2) is 49.5 Å². The summed E-state index contributed by atoms with van der Waals surface area (Å²) in [5.41, 5.74) is 2.52. The number of benzene rings is 2. The summed E-state index contributed by atoms with van der Waals surface area (Å²) in [6.07, 6.45) is 2.82. The van der Waals surface area contributed by atoms with Crippen LogP contribution in [-0.2, 0) is 21.3 Å². The number of amides is 1. The predicted molar refractivity (Wildman–Crippen MR) is 130 cm³/mol. The number of rotatable bonds is 7. The van der Waals surface area contributed by atoms with Crippen molar-refractivity contribution in [2.45, 2.75) is 44.6 Å². The lowest BCUT2D eigenvalue weighted by atomic mass is 10.2. The van der Waals surface area contributed by atoms with E-state index in [9.17, 15) is 13.2 Å². The van der Waals surface area contributed by atoms with Crippen LogP contribution in [0.1, 0.15) is 42.1 Å². The van der Waals surface area contributed by atoms with E-state index in [0.29, 0.717) is 43.2 Å². The van der Waals surface area contributed by atoms with Gasteiger partial charge in [0.2, 0.25) is 10.0 Å². The van der Waals surface area contributed by atoms with Crippen LogP contribution in [0.3, 0.4) is 0 Å². The van der Waals surface area contributed by atoms with E-state index in [4.69, 9.17) is 4.74 Å².